The van der Waals surface area contributed by atoms with Gasteiger partial charge in [0, 0.05) is 37.8 Å². The van der Waals surface area contributed by atoms with Gasteiger partial charge in [-0.05, 0) is 24.5 Å². The van der Waals surface area contributed by atoms with Crippen LogP contribution < -0.4 is 10.6 Å². The molecule has 0 saturated carbocycles. The van der Waals surface area contributed by atoms with E-state index in [1.54, 1.807) is 0 Å². The molecule has 0 spiro atoms. The highest BCUT2D eigenvalue weighted by atomic mass is 16.5. The lowest BCUT2D eigenvalue weighted by molar-refractivity contribution is -0.128. The van der Waals surface area contributed by atoms with Crippen molar-refractivity contribution >= 4 is 11.8 Å². The molecule has 2 aliphatic heterocycles. The Morgan fingerprint density at radius 3 is 2.70 bits per heavy atom. The molecule has 0 unspecified atom stereocenters. The molecule has 7 nitrogen and oxygen atoms in total. The minimum atomic E-state index is -0.177. The number of hydrogen-bond donors (Lipinski definition) is 2. The first-order valence-corrected chi connectivity index (χ1v) is 9.46. The van der Waals surface area contributed by atoms with Gasteiger partial charge in [-0.25, -0.2) is 0 Å². The standard InChI is InChI=1S/C20H24N4O3/c25-19(15-6-8-27-9-7-15)22-16-10-17-11-18(23-24(17)13-16)20(26)21-12-14-4-2-1-3-5-14/h1-5,11,15-16H,6-10,12-13H2,(H,21,26)(H,22,25)/t16-/m0/s1. The van der Waals surface area contributed by atoms with Gasteiger partial charge in [0.05, 0.1) is 12.6 Å². The Hall–Kier alpha value is -2.67. The second-order valence-electron chi connectivity index (χ2n) is 7.17. The summed E-state index contributed by atoms with van der Waals surface area (Å²) >= 11 is 0. The third-order valence-electron chi connectivity index (χ3n) is 5.18. The minimum Gasteiger partial charge on any atom is -0.381 e. The van der Waals surface area contributed by atoms with Crippen LogP contribution in [0.1, 0.15) is 34.6 Å². The summed E-state index contributed by atoms with van der Waals surface area (Å²) in [4.78, 5) is 24.7. The van der Waals surface area contributed by atoms with Gasteiger partial charge < -0.3 is 15.4 Å². The van der Waals surface area contributed by atoms with Crippen LogP contribution in [0.4, 0.5) is 0 Å². The van der Waals surface area contributed by atoms with Gasteiger partial charge in [0.15, 0.2) is 0 Å². The van der Waals surface area contributed by atoms with Gasteiger partial charge in [0.25, 0.3) is 5.91 Å². The average Bonchev–Trinajstić information content (AvgIpc) is 3.26. The summed E-state index contributed by atoms with van der Waals surface area (Å²) in [5.41, 5.74) is 2.46. The van der Waals surface area contributed by atoms with Gasteiger partial charge >= 0.3 is 0 Å². The number of hydrogen-bond acceptors (Lipinski definition) is 4. The van der Waals surface area contributed by atoms with E-state index in [0.717, 1.165) is 24.1 Å². The molecule has 1 aromatic heterocycles. The zero-order chi connectivity index (χ0) is 18.6. The lowest BCUT2D eigenvalue weighted by Gasteiger charge is -2.23. The Kier molecular flexibility index (Phi) is 5.20. The van der Waals surface area contributed by atoms with Gasteiger partial charge in [-0.1, -0.05) is 30.3 Å². The van der Waals surface area contributed by atoms with Crippen LogP contribution in [0, 0.1) is 5.92 Å². The zero-order valence-electron chi connectivity index (χ0n) is 15.2. The number of fused-ring (bicyclic) bond motifs is 1. The molecule has 2 amide bonds. The molecule has 1 saturated heterocycles. The number of benzene rings is 1. The molecule has 2 aromatic rings. The summed E-state index contributed by atoms with van der Waals surface area (Å²) in [5, 5.41) is 10.4. The third kappa shape index (κ3) is 4.19. The Bertz CT molecular complexity index is 788. The molecular weight excluding hydrogens is 344 g/mol. The van der Waals surface area contributed by atoms with Crippen molar-refractivity contribution in [1.82, 2.24) is 20.4 Å². The summed E-state index contributed by atoms with van der Waals surface area (Å²) in [6.07, 6.45) is 2.28. The van der Waals surface area contributed by atoms with Crippen LogP contribution >= 0.6 is 0 Å². The van der Waals surface area contributed by atoms with Crippen LogP contribution in [0.2, 0.25) is 0 Å². The van der Waals surface area contributed by atoms with Crippen LogP contribution in [-0.4, -0.2) is 40.9 Å². The normalized spacial score (nSPS) is 19.5. The van der Waals surface area contributed by atoms with Crippen molar-refractivity contribution < 1.29 is 14.3 Å². The van der Waals surface area contributed by atoms with Crippen molar-refractivity contribution in [3.8, 4) is 0 Å². The summed E-state index contributed by atoms with van der Waals surface area (Å²) in [7, 11) is 0. The molecule has 142 valence electrons. The van der Waals surface area contributed by atoms with E-state index in [1.807, 2.05) is 41.1 Å². The van der Waals surface area contributed by atoms with E-state index in [-0.39, 0.29) is 23.8 Å². The molecule has 0 aliphatic carbocycles. The molecule has 7 heteroatoms. The highest BCUT2D eigenvalue weighted by Gasteiger charge is 2.29. The number of carbonyl (C=O) groups excluding carboxylic acids is 2. The van der Waals surface area contributed by atoms with Crippen LogP contribution in [0.3, 0.4) is 0 Å². The van der Waals surface area contributed by atoms with E-state index >= 15 is 0 Å². The first kappa shape index (κ1) is 17.7. The van der Waals surface area contributed by atoms with Crippen molar-refractivity contribution in [2.45, 2.75) is 38.4 Å². The number of rotatable bonds is 5. The summed E-state index contributed by atoms with van der Waals surface area (Å²) in [5.74, 6) is -0.0237. The maximum absolute atomic E-state index is 12.4. The summed E-state index contributed by atoms with van der Waals surface area (Å²) in [6.45, 7) is 2.40. The van der Waals surface area contributed by atoms with Crippen LogP contribution in [-0.2, 0) is 29.0 Å². The number of aromatic nitrogens is 2. The molecule has 1 atom stereocenters. The van der Waals surface area contributed by atoms with Crippen molar-refractivity contribution in [2.75, 3.05) is 13.2 Å². The van der Waals surface area contributed by atoms with Crippen molar-refractivity contribution in [1.29, 1.82) is 0 Å². The SMILES string of the molecule is O=C(NCc1ccccc1)c1cc2n(n1)C[C@@H](NC(=O)C1CCOCC1)C2. The van der Waals surface area contributed by atoms with Crippen LogP contribution in [0.15, 0.2) is 36.4 Å². The molecule has 0 bridgehead atoms. The highest BCUT2D eigenvalue weighted by Crippen LogP contribution is 2.19. The average molecular weight is 368 g/mol. The van der Waals surface area contributed by atoms with E-state index < -0.39 is 0 Å². The largest absolute Gasteiger partial charge is 0.381 e. The number of amides is 2. The maximum atomic E-state index is 12.4. The zero-order valence-corrected chi connectivity index (χ0v) is 15.2. The topological polar surface area (TPSA) is 85.3 Å². The van der Waals surface area contributed by atoms with E-state index in [2.05, 4.69) is 15.7 Å². The Labute approximate surface area is 158 Å². The molecule has 27 heavy (non-hydrogen) atoms. The van der Waals surface area contributed by atoms with E-state index in [1.165, 1.54) is 0 Å². The predicted octanol–water partition coefficient (Wildman–Crippen LogP) is 1.28. The second-order valence-corrected chi connectivity index (χ2v) is 7.17. The number of ether oxygens (including phenoxy) is 1. The smallest absolute Gasteiger partial charge is 0.272 e. The molecule has 0 radical (unpaired) electrons. The van der Waals surface area contributed by atoms with Crippen molar-refractivity contribution in [3.05, 3.63) is 53.3 Å². The van der Waals surface area contributed by atoms with E-state index in [4.69, 9.17) is 4.74 Å². The van der Waals surface area contributed by atoms with Gasteiger partial charge in [-0.3, -0.25) is 14.3 Å². The fraction of sp³-hybridized carbons (Fsp3) is 0.450. The van der Waals surface area contributed by atoms with E-state index in [0.29, 0.717) is 38.4 Å². The fourth-order valence-electron chi connectivity index (χ4n) is 3.66. The maximum Gasteiger partial charge on any atom is 0.272 e. The quantitative estimate of drug-likeness (QED) is 0.833. The molecular formula is C20H24N4O3. The summed E-state index contributed by atoms with van der Waals surface area (Å²) in [6, 6.07) is 11.6. The molecule has 4 rings (SSSR count). The molecule has 2 aliphatic rings. The van der Waals surface area contributed by atoms with Crippen LogP contribution in [0.5, 0.6) is 0 Å². The molecule has 1 fully saturated rings. The molecule has 1 aromatic carbocycles. The lowest BCUT2D eigenvalue weighted by Crippen LogP contribution is -2.41. The number of nitrogens with zero attached hydrogens (tertiary/aromatic N) is 2. The van der Waals surface area contributed by atoms with Gasteiger partial charge in [-0.15, -0.1) is 0 Å². The highest BCUT2D eigenvalue weighted by molar-refractivity contribution is 5.92. The fourth-order valence-corrected chi connectivity index (χ4v) is 3.66. The Morgan fingerprint density at radius 1 is 1.19 bits per heavy atom. The molecule has 2 N–H and O–H groups in total. The van der Waals surface area contributed by atoms with Crippen molar-refractivity contribution in [2.24, 2.45) is 5.92 Å². The van der Waals surface area contributed by atoms with Crippen LogP contribution in [0.25, 0.3) is 0 Å². The monoisotopic (exact) mass is 368 g/mol. The first-order valence-electron chi connectivity index (χ1n) is 9.46. The Morgan fingerprint density at radius 2 is 1.96 bits per heavy atom. The van der Waals surface area contributed by atoms with Gasteiger partial charge in [0.2, 0.25) is 5.91 Å². The number of nitrogens with one attached hydrogen (secondary N) is 2. The van der Waals surface area contributed by atoms with Gasteiger partial charge in [-0.2, -0.15) is 5.10 Å². The lowest BCUT2D eigenvalue weighted by atomic mass is 9.99. The third-order valence-corrected chi connectivity index (χ3v) is 5.18. The minimum absolute atomic E-state index is 0.0456. The number of carbonyl (C=O) groups is 2. The molecule has 3 heterocycles. The van der Waals surface area contributed by atoms with Gasteiger partial charge in [0.1, 0.15) is 5.69 Å². The summed E-state index contributed by atoms with van der Waals surface area (Å²) < 4.78 is 7.14. The second kappa shape index (κ2) is 7.92. The predicted molar refractivity (Wildman–Crippen MR) is 99.0 cm³/mol. The van der Waals surface area contributed by atoms with Crippen molar-refractivity contribution in [3.63, 3.8) is 0 Å². The Balaban J connectivity index is 1.29. The first-order chi connectivity index (χ1) is 13.2. The van der Waals surface area contributed by atoms with E-state index in [9.17, 15) is 9.59 Å².